The molecule has 2 aromatic heterocycles. The van der Waals surface area contributed by atoms with Crippen molar-refractivity contribution in [1.82, 2.24) is 24.6 Å². The highest BCUT2D eigenvalue weighted by molar-refractivity contribution is 5.96. The van der Waals surface area contributed by atoms with Gasteiger partial charge in [0, 0.05) is 38.1 Å². The van der Waals surface area contributed by atoms with Crippen molar-refractivity contribution in [1.29, 1.82) is 0 Å². The van der Waals surface area contributed by atoms with Gasteiger partial charge in [-0.1, -0.05) is 30.3 Å². The molecular formula is C25H27N5O3. The Labute approximate surface area is 191 Å². The van der Waals surface area contributed by atoms with Crippen molar-refractivity contribution in [2.75, 3.05) is 13.1 Å². The molecule has 0 saturated carbocycles. The summed E-state index contributed by atoms with van der Waals surface area (Å²) >= 11 is 0. The van der Waals surface area contributed by atoms with Crippen LogP contribution in [0.15, 0.2) is 47.4 Å². The average Bonchev–Trinajstić information content (AvgIpc) is 3.42. The lowest BCUT2D eigenvalue weighted by Crippen LogP contribution is -2.41. The van der Waals surface area contributed by atoms with Crippen LogP contribution in [-0.2, 0) is 32.5 Å². The molecule has 0 fully saturated rings. The van der Waals surface area contributed by atoms with Crippen LogP contribution in [0.2, 0.25) is 0 Å². The lowest BCUT2D eigenvalue weighted by molar-refractivity contribution is 0.0727. The third kappa shape index (κ3) is 3.97. The Morgan fingerprint density at radius 2 is 1.94 bits per heavy atom. The van der Waals surface area contributed by atoms with E-state index in [9.17, 15) is 14.4 Å². The first kappa shape index (κ1) is 21.2. The van der Waals surface area contributed by atoms with Gasteiger partial charge in [-0.05, 0) is 48.9 Å². The standard InChI is InChI=1S/C25H27N5O3/c1-2-26-23(31)22-20-10-12-28(24(32)21-13-19-9-6-11-30(19)27-21)15-18(20)16-29(25(22)33)14-17-7-4-3-5-8-17/h3-5,7-8,13,16H,2,6,9-12,14-15H2,1H3,(H,26,31). The second-order valence-corrected chi connectivity index (χ2v) is 8.61. The monoisotopic (exact) mass is 445 g/mol. The number of carbonyl (C=O) groups is 2. The van der Waals surface area contributed by atoms with E-state index in [0.717, 1.165) is 41.8 Å². The second kappa shape index (κ2) is 8.69. The third-order valence-electron chi connectivity index (χ3n) is 6.40. The largest absolute Gasteiger partial charge is 0.352 e. The van der Waals surface area contributed by atoms with E-state index < -0.39 is 0 Å². The number of fused-ring (bicyclic) bond motifs is 2. The van der Waals surface area contributed by atoms with Crippen LogP contribution in [0.25, 0.3) is 0 Å². The predicted molar refractivity (Wildman–Crippen MR) is 123 cm³/mol. The van der Waals surface area contributed by atoms with Crippen LogP contribution in [0.4, 0.5) is 0 Å². The Bertz CT molecular complexity index is 1250. The van der Waals surface area contributed by atoms with E-state index in [4.69, 9.17) is 0 Å². The van der Waals surface area contributed by atoms with E-state index in [0.29, 0.717) is 38.3 Å². The molecular weight excluding hydrogens is 418 g/mol. The summed E-state index contributed by atoms with van der Waals surface area (Å²) in [7, 11) is 0. The van der Waals surface area contributed by atoms with Gasteiger partial charge in [0.05, 0.1) is 6.54 Å². The molecule has 2 aliphatic heterocycles. The number of hydrogen-bond acceptors (Lipinski definition) is 4. The molecule has 170 valence electrons. The molecule has 0 unspecified atom stereocenters. The minimum Gasteiger partial charge on any atom is -0.352 e. The van der Waals surface area contributed by atoms with Gasteiger partial charge in [0.15, 0.2) is 5.69 Å². The lowest BCUT2D eigenvalue weighted by atomic mass is 9.95. The van der Waals surface area contributed by atoms with Gasteiger partial charge >= 0.3 is 0 Å². The van der Waals surface area contributed by atoms with E-state index >= 15 is 0 Å². The van der Waals surface area contributed by atoms with Crippen LogP contribution in [0.5, 0.6) is 0 Å². The fourth-order valence-electron chi connectivity index (χ4n) is 4.79. The van der Waals surface area contributed by atoms with E-state index in [1.54, 1.807) is 15.7 Å². The second-order valence-electron chi connectivity index (χ2n) is 8.61. The predicted octanol–water partition coefficient (Wildman–Crippen LogP) is 1.99. The maximum Gasteiger partial charge on any atom is 0.274 e. The first-order chi connectivity index (χ1) is 16.0. The first-order valence-corrected chi connectivity index (χ1v) is 11.5. The number of aryl methyl sites for hydroxylation is 2. The van der Waals surface area contributed by atoms with Crippen LogP contribution in [0.1, 0.15) is 56.6 Å². The topological polar surface area (TPSA) is 89.2 Å². The van der Waals surface area contributed by atoms with E-state index in [2.05, 4.69) is 10.4 Å². The Morgan fingerprint density at radius 3 is 2.70 bits per heavy atom. The summed E-state index contributed by atoms with van der Waals surface area (Å²) in [6.45, 7) is 4.28. The highest BCUT2D eigenvalue weighted by atomic mass is 16.2. The first-order valence-electron chi connectivity index (χ1n) is 11.5. The highest BCUT2D eigenvalue weighted by Crippen LogP contribution is 2.24. The van der Waals surface area contributed by atoms with Crippen molar-refractivity contribution in [3.8, 4) is 0 Å². The molecule has 33 heavy (non-hydrogen) atoms. The summed E-state index contributed by atoms with van der Waals surface area (Å²) in [5.74, 6) is -0.464. The fourth-order valence-corrected chi connectivity index (χ4v) is 4.79. The normalized spacial score (nSPS) is 14.6. The van der Waals surface area contributed by atoms with E-state index in [-0.39, 0.29) is 22.9 Å². The lowest BCUT2D eigenvalue weighted by Gasteiger charge is -2.30. The third-order valence-corrected chi connectivity index (χ3v) is 6.40. The van der Waals surface area contributed by atoms with Crippen molar-refractivity contribution in [2.24, 2.45) is 0 Å². The summed E-state index contributed by atoms with van der Waals surface area (Å²) in [6.07, 6.45) is 4.28. The number of amides is 2. The van der Waals surface area contributed by atoms with Gasteiger partial charge in [-0.15, -0.1) is 0 Å². The molecule has 8 nitrogen and oxygen atoms in total. The zero-order chi connectivity index (χ0) is 22.9. The summed E-state index contributed by atoms with van der Waals surface area (Å²) in [5, 5.41) is 7.27. The molecule has 1 N–H and O–H groups in total. The molecule has 3 aromatic rings. The number of hydrogen-bond donors (Lipinski definition) is 1. The van der Waals surface area contributed by atoms with Crippen molar-refractivity contribution in [2.45, 2.75) is 45.8 Å². The molecule has 0 atom stereocenters. The number of carbonyl (C=O) groups excluding carboxylic acids is 2. The Kier molecular flexibility index (Phi) is 5.58. The van der Waals surface area contributed by atoms with Gasteiger partial charge < -0.3 is 14.8 Å². The molecule has 0 bridgehead atoms. The van der Waals surface area contributed by atoms with Gasteiger partial charge in [0.1, 0.15) is 5.56 Å². The fraction of sp³-hybridized carbons (Fsp3) is 0.360. The molecule has 2 amide bonds. The summed E-state index contributed by atoms with van der Waals surface area (Å²) in [5.41, 5.74) is 4.01. The van der Waals surface area contributed by atoms with Crippen molar-refractivity contribution < 1.29 is 9.59 Å². The minimum atomic E-state index is -0.355. The zero-order valence-corrected chi connectivity index (χ0v) is 18.7. The minimum absolute atomic E-state index is 0.108. The smallest absolute Gasteiger partial charge is 0.274 e. The molecule has 4 heterocycles. The van der Waals surface area contributed by atoms with Crippen LogP contribution in [0, 0.1) is 0 Å². The van der Waals surface area contributed by atoms with Crippen LogP contribution >= 0.6 is 0 Å². The Hall–Kier alpha value is -3.68. The number of nitrogens with zero attached hydrogens (tertiary/aromatic N) is 4. The van der Waals surface area contributed by atoms with E-state index in [1.807, 2.05) is 48.0 Å². The summed E-state index contributed by atoms with van der Waals surface area (Å²) < 4.78 is 3.49. The maximum atomic E-state index is 13.3. The van der Waals surface area contributed by atoms with Gasteiger partial charge in [-0.2, -0.15) is 5.10 Å². The Balaban J connectivity index is 1.49. The van der Waals surface area contributed by atoms with Crippen molar-refractivity contribution >= 4 is 11.8 Å². The number of aromatic nitrogens is 3. The zero-order valence-electron chi connectivity index (χ0n) is 18.7. The SMILES string of the molecule is CCNC(=O)c1c2c(cn(Cc3ccccc3)c1=O)CN(C(=O)c1cc3n(n1)CCC3)CC2. The molecule has 5 rings (SSSR count). The van der Waals surface area contributed by atoms with Gasteiger partial charge in [-0.3, -0.25) is 19.1 Å². The maximum absolute atomic E-state index is 13.3. The van der Waals surface area contributed by atoms with E-state index in [1.165, 1.54) is 0 Å². The molecule has 8 heteroatoms. The quantitative estimate of drug-likeness (QED) is 0.651. The summed E-state index contributed by atoms with van der Waals surface area (Å²) in [4.78, 5) is 41.1. The van der Waals surface area contributed by atoms with Crippen molar-refractivity contribution in [3.63, 3.8) is 0 Å². The van der Waals surface area contributed by atoms with Gasteiger partial charge in [0.2, 0.25) is 0 Å². The van der Waals surface area contributed by atoms with Crippen LogP contribution < -0.4 is 10.9 Å². The number of rotatable bonds is 5. The van der Waals surface area contributed by atoms with Crippen LogP contribution in [-0.4, -0.2) is 44.2 Å². The number of nitrogens with one attached hydrogen (secondary N) is 1. The number of benzene rings is 1. The molecule has 0 spiro atoms. The number of pyridine rings is 1. The van der Waals surface area contributed by atoms with Gasteiger partial charge in [0.25, 0.3) is 17.4 Å². The van der Waals surface area contributed by atoms with Crippen LogP contribution in [0.3, 0.4) is 0 Å². The van der Waals surface area contributed by atoms with Crippen molar-refractivity contribution in [3.05, 3.63) is 86.6 Å². The Morgan fingerprint density at radius 1 is 1.12 bits per heavy atom. The molecule has 1 aromatic carbocycles. The molecule has 0 radical (unpaired) electrons. The molecule has 2 aliphatic rings. The summed E-state index contributed by atoms with van der Waals surface area (Å²) in [6, 6.07) is 11.6. The molecule has 0 saturated heterocycles. The average molecular weight is 446 g/mol. The molecule has 0 aliphatic carbocycles. The highest BCUT2D eigenvalue weighted by Gasteiger charge is 2.30. The van der Waals surface area contributed by atoms with Gasteiger partial charge in [-0.25, -0.2) is 0 Å².